The van der Waals surface area contributed by atoms with Crippen LogP contribution >= 0.6 is 0 Å². The molecular weight excluding hydrogens is 156 g/mol. The number of imide groups is 1. The number of nitrogens with one attached hydrogen (secondary N) is 1. The molecule has 2 fully saturated rings. The highest BCUT2D eigenvalue weighted by Crippen LogP contribution is 2.38. The van der Waals surface area contributed by atoms with E-state index in [-0.39, 0.29) is 18.5 Å². The Morgan fingerprint density at radius 1 is 1.58 bits per heavy atom. The second kappa shape index (κ2) is 2.47. The zero-order chi connectivity index (χ0) is 8.72. The van der Waals surface area contributed by atoms with Crippen LogP contribution in [-0.2, 0) is 4.79 Å². The van der Waals surface area contributed by atoms with Crippen LogP contribution in [0.3, 0.4) is 0 Å². The van der Waals surface area contributed by atoms with E-state index in [1.807, 2.05) is 0 Å². The molecule has 0 spiro atoms. The molecule has 0 aromatic heterocycles. The van der Waals surface area contributed by atoms with Crippen molar-refractivity contribution in [2.45, 2.75) is 13.3 Å². The Morgan fingerprint density at radius 3 is 2.67 bits per heavy atom. The SMILES string of the molecule is CC1CC1CN1CC(=O)NC1=O. The molecule has 4 nitrogen and oxygen atoms in total. The molecule has 1 saturated heterocycles. The Kier molecular flexibility index (Phi) is 1.56. The predicted molar refractivity (Wildman–Crippen MR) is 42.4 cm³/mol. The molecule has 0 bridgehead atoms. The lowest BCUT2D eigenvalue weighted by Crippen LogP contribution is -2.30. The maximum Gasteiger partial charge on any atom is 0.324 e. The molecule has 2 aliphatic rings. The molecule has 3 amide bonds. The molecular formula is C8H12N2O2. The van der Waals surface area contributed by atoms with Crippen LogP contribution in [0.15, 0.2) is 0 Å². The van der Waals surface area contributed by atoms with Gasteiger partial charge in [-0.1, -0.05) is 6.92 Å². The highest BCUT2D eigenvalue weighted by molar-refractivity contribution is 6.01. The monoisotopic (exact) mass is 168 g/mol. The van der Waals surface area contributed by atoms with Crippen LogP contribution in [0.4, 0.5) is 4.79 Å². The lowest BCUT2D eigenvalue weighted by atomic mass is 10.3. The quantitative estimate of drug-likeness (QED) is 0.598. The number of amides is 3. The number of nitrogens with zero attached hydrogens (tertiary/aromatic N) is 1. The minimum absolute atomic E-state index is 0.173. The van der Waals surface area contributed by atoms with Crippen molar-refractivity contribution in [1.29, 1.82) is 0 Å². The van der Waals surface area contributed by atoms with Gasteiger partial charge in [-0.15, -0.1) is 0 Å². The standard InChI is InChI=1S/C8H12N2O2/c1-5-2-6(5)3-10-4-7(11)9-8(10)12/h5-6H,2-4H2,1H3,(H,9,11,12). The summed E-state index contributed by atoms with van der Waals surface area (Å²) in [5, 5.41) is 2.26. The third-order valence-corrected chi connectivity index (χ3v) is 2.60. The third kappa shape index (κ3) is 1.29. The first-order valence-corrected chi connectivity index (χ1v) is 4.25. The second-order valence-electron chi connectivity index (χ2n) is 3.71. The topological polar surface area (TPSA) is 49.4 Å². The lowest BCUT2D eigenvalue weighted by molar-refractivity contribution is -0.118. The van der Waals surface area contributed by atoms with Gasteiger partial charge in [-0.25, -0.2) is 4.79 Å². The van der Waals surface area contributed by atoms with E-state index in [4.69, 9.17) is 0 Å². The molecule has 0 radical (unpaired) electrons. The maximum absolute atomic E-state index is 11.0. The number of carbonyl (C=O) groups excluding carboxylic acids is 2. The number of carbonyl (C=O) groups is 2. The second-order valence-corrected chi connectivity index (χ2v) is 3.71. The van der Waals surface area contributed by atoms with E-state index in [1.165, 1.54) is 6.42 Å². The summed E-state index contributed by atoms with van der Waals surface area (Å²) in [7, 11) is 0. The molecule has 2 unspecified atom stereocenters. The van der Waals surface area contributed by atoms with Gasteiger partial charge in [-0.05, 0) is 18.3 Å². The Hall–Kier alpha value is -1.06. The van der Waals surface area contributed by atoms with Gasteiger partial charge in [-0.3, -0.25) is 10.1 Å². The number of urea groups is 1. The minimum atomic E-state index is -0.223. The summed E-state index contributed by atoms with van der Waals surface area (Å²) in [5.74, 6) is 1.18. The van der Waals surface area contributed by atoms with Crippen LogP contribution < -0.4 is 5.32 Å². The van der Waals surface area contributed by atoms with E-state index in [2.05, 4.69) is 12.2 Å². The summed E-state index contributed by atoms with van der Waals surface area (Å²) in [5.41, 5.74) is 0. The summed E-state index contributed by atoms with van der Waals surface area (Å²) >= 11 is 0. The van der Waals surface area contributed by atoms with E-state index in [0.29, 0.717) is 5.92 Å². The van der Waals surface area contributed by atoms with Gasteiger partial charge in [0.15, 0.2) is 0 Å². The van der Waals surface area contributed by atoms with Gasteiger partial charge < -0.3 is 4.90 Å². The summed E-state index contributed by atoms with van der Waals surface area (Å²) in [4.78, 5) is 23.4. The van der Waals surface area contributed by atoms with Crippen molar-refractivity contribution in [3.05, 3.63) is 0 Å². The Morgan fingerprint density at radius 2 is 2.25 bits per heavy atom. The van der Waals surface area contributed by atoms with Crippen molar-refractivity contribution < 1.29 is 9.59 Å². The lowest BCUT2D eigenvalue weighted by Gasteiger charge is -2.11. The van der Waals surface area contributed by atoms with Crippen LogP contribution in [0, 0.1) is 11.8 Å². The predicted octanol–water partition coefficient (Wildman–Crippen LogP) is 0.194. The third-order valence-electron chi connectivity index (χ3n) is 2.60. The van der Waals surface area contributed by atoms with Crippen LogP contribution in [0.1, 0.15) is 13.3 Å². The van der Waals surface area contributed by atoms with Crippen LogP contribution in [-0.4, -0.2) is 29.9 Å². The van der Waals surface area contributed by atoms with E-state index >= 15 is 0 Å². The molecule has 0 aromatic carbocycles. The van der Waals surface area contributed by atoms with Gasteiger partial charge in [0, 0.05) is 6.54 Å². The van der Waals surface area contributed by atoms with Gasteiger partial charge in [0.1, 0.15) is 6.54 Å². The Bertz CT molecular complexity index is 239. The molecule has 2 atom stereocenters. The molecule has 2 rings (SSSR count). The van der Waals surface area contributed by atoms with Crippen LogP contribution in [0.5, 0.6) is 0 Å². The normalized spacial score (nSPS) is 33.9. The molecule has 1 saturated carbocycles. The van der Waals surface area contributed by atoms with Crippen molar-refractivity contribution in [3.8, 4) is 0 Å². The summed E-state index contributed by atoms with van der Waals surface area (Å²) < 4.78 is 0. The molecule has 1 N–H and O–H groups in total. The first kappa shape index (κ1) is 7.58. The first-order chi connectivity index (χ1) is 5.66. The number of rotatable bonds is 2. The van der Waals surface area contributed by atoms with Crippen LogP contribution in [0.25, 0.3) is 0 Å². The molecule has 1 aliphatic heterocycles. The fourth-order valence-electron chi connectivity index (χ4n) is 1.57. The summed E-state index contributed by atoms with van der Waals surface area (Å²) in [6.07, 6.45) is 1.19. The zero-order valence-electron chi connectivity index (χ0n) is 7.04. The molecule has 0 aromatic rings. The minimum Gasteiger partial charge on any atom is -0.315 e. The fraction of sp³-hybridized carbons (Fsp3) is 0.750. The van der Waals surface area contributed by atoms with Crippen molar-refractivity contribution in [2.24, 2.45) is 11.8 Å². The average Bonchev–Trinajstić information content (AvgIpc) is 2.55. The Balaban J connectivity index is 1.88. The van der Waals surface area contributed by atoms with Gasteiger partial charge in [0.05, 0.1) is 0 Å². The number of hydrogen-bond donors (Lipinski definition) is 1. The van der Waals surface area contributed by atoms with Gasteiger partial charge in [0.2, 0.25) is 5.91 Å². The Labute approximate surface area is 70.9 Å². The molecule has 4 heteroatoms. The fourth-order valence-corrected chi connectivity index (χ4v) is 1.57. The van der Waals surface area contributed by atoms with E-state index in [0.717, 1.165) is 12.5 Å². The maximum atomic E-state index is 11.0. The van der Waals surface area contributed by atoms with Crippen LogP contribution in [0.2, 0.25) is 0 Å². The van der Waals surface area contributed by atoms with E-state index < -0.39 is 0 Å². The smallest absolute Gasteiger partial charge is 0.315 e. The molecule has 12 heavy (non-hydrogen) atoms. The first-order valence-electron chi connectivity index (χ1n) is 4.25. The molecule has 66 valence electrons. The average molecular weight is 168 g/mol. The summed E-state index contributed by atoms with van der Waals surface area (Å²) in [6, 6.07) is -0.223. The van der Waals surface area contributed by atoms with Gasteiger partial charge in [-0.2, -0.15) is 0 Å². The van der Waals surface area contributed by atoms with Crippen molar-refractivity contribution >= 4 is 11.9 Å². The van der Waals surface area contributed by atoms with Gasteiger partial charge >= 0.3 is 6.03 Å². The largest absolute Gasteiger partial charge is 0.324 e. The zero-order valence-corrected chi connectivity index (χ0v) is 7.04. The molecule has 1 aliphatic carbocycles. The van der Waals surface area contributed by atoms with Gasteiger partial charge in [0.25, 0.3) is 0 Å². The highest BCUT2D eigenvalue weighted by atomic mass is 16.2. The van der Waals surface area contributed by atoms with Crippen molar-refractivity contribution in [1.82, 2.24) is 10.2 Å². The van der Waals surface area contributed by atoms with E-state index in [9.17, 15) is 9.59 Å². The summed E-state index contributed by atoms with van der Waals surface area (Å²) in [6.45, 7) is 3.17. The van der Waals surface area contributed by atoms with Crippen molar-refractivity contribution in [3.63, 3.8) is 0 Å². The van der Waals surface area contributed by atoms with E-state index in [1.54, 1.807) is 4.90 Å². The number of hydrogen-bond acceptors (Lipinski definition) is 2. The highest BCUT2D eigenvalue weighted by Gasteiger charge is 2.37. The molecule has 1 heterocycles. The van der Waals surface area contributed by atoms with Crippen molar-refractivity contribution in [2.75, 3.05) is 13.1 Å².